The highest BCUT2D eigenvalue weighted by molar-refractivity contribution is 4.87. The van der Waals surface area contributed by atoms with Gasteiger partial charge in [-0.1, -0.05) is 0 Å². The monoisotopic (exact) mass is 141 g/mol. The molecule has 3 heteroatoms. The minimum Gasteiger partial charge on any atom is -0.295 e. The summed E-state index contributed by atoms with van der Waals surface area (Å²) in [7, 11) is 0. The molecule has 1 radical (unpaired) electrons. The second-order valence-electron chi connectivity index (χ2n) is 3.12. The van der Waals surface area contributed by atoms with Crippen molar-refractivity contribution >= 4 is 0 Å². The molecular weight excluding hydrogens is 128 g/mol. The Hall–Kier alpha value is -0.120. The first-order chi connectivity index (χ1) is 4.88. The average Bonchev–Trinajstić information content (AvgIpc) is 2.36. The number of piperazine rings is 1. The molecule has 0 saturated carbocycles. The number of hydrogen-bond acceptors (Lipinski definition) is 2. The molecule has 0 amide bonds. The number of rotatable bonds is 0. The second-order valence-corrected chi connectivity index (χ2v) is 3.12. The van der Waals surface area contributed by atoms with E-state index in [2.05, 4.69) is 10.2 Å². The molecular formula is C7H13N2O. The quantitative estimate of drug-likeness (QED) is 0.507. The van der Waals surface area contributed by atoms with Gasteiger partial charge >= 0.3 is 0 Å². The van der Waals surface area contributed by atoms with E-state index in [-0.39, 0.29) is 0 Å². The minimum absolute atomic E-state index is 0.300. The lowest BCUT2D eigenvalue weighted by molar-refractivity contribution is -0.0294. The normalized spacial score (nSPS) is 41.7. The third kappa shape index (κ3) is 0.944. The van der Waals surface area contributed by atoms with Crippen LogP contribution in [0.15, 0.2) is 0 Å². The summed E-state index contributed by atoms with van der Waals surface area (Å²) in [5.74, 6) is 0. The van der Waals surface area contributed by atoms with Crippen molar-refractivity contribution in [3.63, 3.8) is 0 Å². The summed E-state index contributed by atoms with van der Waals surface area (Å²) in [5.41, 5.74) is 0. The van der Waals surface area contributed by atoms with Gasteiger partial charge in [-0.25, -0.2) is 5.11 Å². The first-order valence-corrected chi connectivity index (χ1v) is 4.01. The van der Waals surface area contributed by atoms with Gasteiger partial charge in [0.2, 0.25) is 0 Å². The third-order valence-corrected chi connectivity index (χ3v) is 2.51. The Morgan fingerprint density at radius 2 is 2.30 bits per heavy atom. The summed E-state index contributed by atoms with van der Waals surface area (Å²) in [4.78, 5) is 2.31. The summed E-state index contributed by atoms with van der Waals surface area (Å²) < 4.78 is 0. The molecule has 2 aliphatic heterocycles. The number of nitrogens with zero attached hydrogens (tertiary/aromatic N) is 1. The van der Waals surface area contributed by atoms with Gasteiger partial charge in [0.15, 0.2) is 6.23 Å². The first kappa shape index (κ1) is 6.58. The third-order valence-electron chi connectivity index (χ3n) is 2.51. The van der Waals surface area contributed by atoms with Gasteiger partial charge in [0, 0.05) is 13.1 Å². The van der Waals surface area contributed by atoms with Crippen LogP contribution in [-0.2, 0) is 5.11 Å². The van der Waals surface area contributed by atoms with E-state index in [0.29, 0.717) is 6.04 Å². The van der Waals surface area contributed by atoms with Gasteiger partial charge in [0.25, 0.3) is 0 Å². The van der Waals surface area contributed by atoms with Crippen molar-refractivity contribution in [2.45, 2.75) is 25.1 Å². The molecule has 2 fully saturated rings. The van der Waals surface area contributed by atoms with E-state index in [1.54, 1.807) is 0 Å². The van der Waals surface area contributed by atoms with Crippen LogP contribution in [0.1, 0.15) is 12.8 Å². The number of hydrogen-bond donors (Lipinski definition) is 1. The van der Waals surface area contributed by atoms with Crippen molar-refractivity contribution in [1.82, 2.24) is 10.2 Å². The summed E-state index contributed by atoms with van der Waals surface area (Å²) in [6, 6.07) is 0.300. The number of nitrogens with one attached hydrogen (secondary N) is 1. The Morgan fingerprint density at radius 1 is 1.40 bits per heavy atom. The van der Waals surface area contributed by atoms with Gasteiger partial charge in [-0.3, -0.25) is 10.2 Å². The van der Waals surface area contributed by atoms with Crippen molar-refractivity contribution in [3.05, 3.63) is 0 Å². The zero-order valence-corrected chi connectivity index (χ0v) is 6.05. The molecule has 0 aliphatic carbocycles. The molecule has 57 valence electrons. The smallest absolute Gasteiger partial charge is 0.159 e. The van der Waals surface area contributed by atoms with Crippen molar-refractivity contribution in [2.24, 2.45) is 0 Å². The lowest BCUT2D eigenvalue weighted by Crippen LogP contribution is -2.54. The standard InChI is InChI=1S/C7H13N2O/c10-7-6-2-1-4-9(6)5-3-8-7/h6-8H,1-5H2. The van der Waals surface area contributed by atoms with Gasteiger partial charge in [0.05, 0.1) is 6.04 Å². The molecule has 2 rings (SSSR count). The van der Waals surface area contributed by atoms with E-state index in [1.807, 2.05) is 0 Å². The van der Waals surface area contributed by atoms with Crippen LogP contribution >= 0.6 is 0 Å². The molecule has 2 heterocycles. The molecule has 0 bridgehead atoms. The van der Waals surface area contributed by atoms with Gasteiger partial charge in [-0.15, -0.1) is 0 Å². The topological polar surface area (TPSA) is 35.2 Å². The molecule has 10 heavy (non-hydrogen) atoms. The fraction of sp³-hybridized carbons (Fsp3) is 1.00. The minimum atomic E-state index is -0.517. The largest absolute Gasteiger partial charge is 0.295 e. The Bertz CT molecular complexity index is 129. The molecule has 0 aromatic carbocycles. The van der Waals surface area contributed by atoms with E-state index in [1.165, 1.54) is 6.42 Å². The summed E-state index contributed by atoms with van der Waals surface area (Å²) >= 11 is 0. The van der Waals surface area contributed by atoms with Crippen molar-refractivity contribution < 1.29 is 5.11 Å². The van der Waals surface area contributed by atoms with E-state index in [9.17, 15) is 5.11 Å². The highest BCUT2D eigenvalue weighted by atomic mass is 16.3. The van der Waals surface area contributed by atoms with E-state index < -0.39 is 6.23 Å². The summed E-state index contributed by atoms with van der Waals surface area (Å²) in [5, 5.41) is 14.2. The highest BCUT2D eigenvalue weighted by Gasteiger charge is 2.33. The fourth-order valence-electron chi connectivity index (χ4n) is 1.96. The van der Waals surface area contributed by atoms with Crippen molar-refractivity contribution in [2.75, 3.05) is 19.6 Å². The van der Waals surface area contributed by atoms with Gasteiger partial charge in [-0.2, -0.15) is 0 Å². The SMILES string of the molecule is [O]C1NCCN2CCCC12. The molecule has 2 aliphatic rings. The van der Waals surface area contributed by atoms with Crippen LogP contribution in [-0.4, -0.2) is 36.8 Å². The maximum atomic E-state index is 11.2. The second kappa shape index (κ2) is 2.49. The Kier molecular flexibility index (Phi) is 1.64. The van der Waals surface area contributed by atoms with Crippen molar-refractivity contribution in [1.29, 1.82) is 0 Å². The summed E-state index contributed by atoms with van der Waals surface area (Å²) in [6.07, 6.45) is 1.79. The molecule has 0 aromatic rings. The van der Waals surface area contributed by atoms with Gasteiger partial charge < -0.3 is 0 Å². The maximum absolute atomic E-state index is 11.2. The molecule has 3 nitrogen and oxygen atoms in total. The molecule has 2 atom stereocenters. The van der Waals surface area contributed by atoms with Crippen LogP contribution in [0.5, 0.6) is 0 Å². The predicted octanol–water partition coefficient (Wildman–Crippen LogP) is -0.189. The van der Waals surface area contributed by atoms with Gasteiger partial charge in [-0.05, 0) is 19.4 Å². The van der Waals surface area contributed by atoms with Crippen LogP contribution in [0.2, 0.25) is 0 Å². The fourth-order valence-corrected chi connectivity index (χ4v) is 1.96. The van der Waals surface area contributed by atoms with E-state index >= 15 is 0 Å². The summed E-state index contributed by atoms with van der Waals surface area (Å²) in [6.45, 7) is 3.10. The van der Waals surface area contributed by atoms with Crippen LogP contribution < -0.4 is 5.32 Å². The Labute approximate surface area is 61.0 Å². The Morgan fingerprint density at radius 3 is 3.10 bits per heavy atom. The van der Waals surface area contributed by atoms with Crippen LogP contribution in [0.4, 0.5) is 0 Å². The lowest BCUT2D eigenvalue weighted by Gasteiger charge is -2.32. The zero-order chi connectivity index (χ0) is 6.97. The molecule has 1 N–H and O–H groups in total. The first-order valence-electron chi connectivity index (χ1n) is 4.01. The molecule has 2 unspecified atom stereocenters. The average molecular weight is 141 g/mol. The zero-order valence-electron chi connectivity index (χ0n) is 6.05. The van der Waals surface area contributed by atoms with Crippen LogP contribution in [0.25, 0.3) is 0 Å². The van der Waals surface area contributed by atoms with E-state index in [0.717, 1.165) is 26.1 Å². The highest BCUT2D eigenvalue weighted by Crippen LogP contribution is 2.20. The van der Waals surface area contributed by atoms with Crippen molar-refractivity contribution in [3.8, 4) is 0 Å². The van der Waals surface area contributed by atoms with Crippen LogP contribution in [0, 0.1) is 0 Å². The molecule has 2 saturated heterocycles. The number of fused-ring (bicyclic) bond motifs is 1. The van der Waals surface area contributed by atoms with Crippen LogP contribution in [0.3, 0.4) is 0 Å². The maximum Gasteiger partial charge on any atom is 0.159 e. The molecule has 0 aromatic heterocycles. The predicted molar refractivity (Wildman–Crippen MR) is 37.1 cm³/mol. The Balaban J connectivity index is 2.03. The lowest BCUT2D eigenvalue weighted by atomic mass is 10.1. The molecule has 0 spiro atoms. The van der Waals surface area contributed by atoms with E-state index in [4.69, 9.17) is 0 Å². The van der Waals surface area contributed by atoms with Gasteiger partial charge in [0.1, 0.15) is 0 Å².